The SMILES string of the molecule is COCCCCNC(=O)C(C)OC. The maximum Gasteiger partial charge on any atom is 0.248 e. The van der Waals surface area contributed by atoms with Gasteiger partial charge in [0, 0.05) is 27.4 Å². The van der Waals surface area contributed by atoms with Crippen LogP contribution in [-0.2, 0) is 14.3 Å². The van der Waals surface area contributed by atoms with Crippen LogP contribution in [0.4, 0.5) is 0 Å². The van der Waals surface area contributed by atoms with Gasteiger partial charge >= 0.3 is 0 Å². The molecule has 4 heteroatoms. The van der Waals surface area contributed by atoms with E-state index >= 15 is 0 Å². The van der Waals surface area contributed by atoms with E-state index < -0.39 is 0 Å². The maximum absolute atomic E-state index is 11.1. The molecule has 0 spiro atoms. The van der Waals surface area contributed by atoms with Crippen LogP contribution in [0.1, 0.15) is 19.8 Å². The Bertz CT molecular complexity index is 139. The van der Waals surface area contributed by atoms with Crippen molar-refractivity contribution in [2.24, 2.45) is 0 Å². The first kappa shape index (κ1) is 12.4. The Balaban J connectivity index is 3.27. The molecule has 0 radical (unpaired) electrons. The van der Waals surface area contributed by atoms with Gasteiger partial charge in [0.1, 0.15) is 6.10 Å². The quantitative estimate of drug-likeness (QED) is 0.595. The number of hydrogen-bond acceptors (Lipinski definition) is 3. The van der Waals surface area contributed by atoms with Crippen molar-refractivity contribution in [1.82, 2.24) is 5.32 Å². The van der Waals surface area contributed by atoms with Crippen molar-refractivity contribution < 1.29 is 14.3 Å². The van der Waals surface area contributed by atoms with Crippen LogP contribution in [0.5, 0.6) is 0 Å². The van der Waals surface area contributed by atoms with Gasteiger partial charge in [-0.15, -0.1) is 0 Å². The van der Waals surface area contributed by atoms with Crippen molar-refractivity contribution in [3.05, 3.63) is 0 Å². The highest BCUT2D eigenvalue weighted by molar-refractivity contribution is 5.80. The third-order valence-corrected chi connectivity index (χ3v) is 1.80. The third-order valence-electron chi connectivity index (χ3n) is 1.80. The average Bonchev–Trinajstić information content (AvgIpc) is 2.16. The van der Waals surface area contributed by atoms with Gasteiger partial charge in [-0.3, -0.25) is 4.79 Å². The molecule has 0 aromatic carbocycles. The van der Waals surface area contributed by atoms with Crippen LogP contribution in [0, 0.1) is 0 Å². The minimum absolute atomic E-state index is 0.0556. The molecule has 1 atom stereocenters. The molecule has 1 amide bonds. The second kappa shape index (κ2) is 8.01. The Labute approximate surface area is 79.6 Å². The topological polar surface area (TPSA) is 47.6 Å². The summed E-state index contributed by atoms with van der Waals surface area (Å²) in [6, 6.07) is 0. The van der Waals surface area contributed by atoms with Crippen molar-refractivity contribution in [3.8, 4) is 0 Å². The summed E-state index contributed by atoms with van der Waals surface area (Å²) in [4.78, 5) is 11.1. The fourth-order valence-corrected chi connectivity index (χ4v) is 0.834. The molecule has 0 rings (SSSR count). The fourth-order valence-electron chi connectivity index (χ4n) is 0.834. The first-order chi connectivity index (χ1) is 6.22. The lowest BCUT2D eigenvalue weighted by atomic mass is 10.3. The molecule has 0 fully saturated rings. The summed E-state index contributed by atoms with van der Waals surface area (Å²) in [5.74, 6) is -0.0556. The van der Waals surface area contributed by atoms with Crippen LogP contribution >= 0.6 is 0 Å². The minimum atomic E-state index is -0.359. The van der Waals surface area contributed by atoms with Gasteiger partial charge in [0.15, 0.2) is 0 Å². The summed E-state index contributed by atoms with van der Waals surface area (Å²) in [7, 11) is 3.20. The van der Waals surface area contributed by atoms with E-state index in [9.17, 15) is 4.79 Å². The van der Waals surface area contributed by atoms with Crippen molar-refractivity contribution in [1.29, 1.82) is 0 Å². The fraction of sp³-hybridized carbons (Fsp3) is 0.889. The molecule has 4 nitrogen and oxygen atoms in total. The van der Waals surface area contributed by atoms with Crippen molar-refractivity contribution >= 4 is 5.91 Å². The van der Waals surface area contributed by atoms with E-state index in [-0.39, 0.29) is 12.0 Å². The molecule has 0 saturated carbocycles. The number of carbonyl (C=O) groups is 1. The van der Waals surface area contributed by atoms with Crippen LogP contribution in [0.25, 0.3) is 0 Å². The molecular weight excluding hydrogens is 170 g/mol. The molecule has 0 aliphatic heterocycles. The molecule has 0 aliphatic rings. The minimum Gasteiger partial charge on any atom is -0.385 e. The maximum atomic E-state index is 11.1. The van der Waals surface area contributed by atoms with Crippen LogP contribution in [0.15, 0.2) is 0 Å². The van der Waals surface area contributed by atoms with E-state index in [0.717, 1.165) is 19.4 Å². The lowest BCUT2D eigenvalue weighted by molar-refractivity contribution is -0.130. The van der Waals surface area contributed by atoms with E-state index in [1.54, 1.807) is 14.0 Å². The molecule has 0 aliphatic carbocycles. The summed E-state index contributed by atoms with van der Waals surface area (Å²) >= 11 is 0. The molecule has 0 aromatic heterocycles. The molecule has 1 N–H and O–H groups in total. The molecular formula is C9H19NO3. The van der Waals surface area contributed by atoms with Crippen molar-refractivity contribution in [3.63, 3.8) is 0 Å². The number of rotatable bonds is 7. The molecule has 0 heterocycles. The zero-order chi connectivity index (χ0) is 10.1. The number of ether oxygens (including phenoxy) is 2. The molecule has 0 aromatic rings. The molecule has 13 heavy (non-hydrogen) atoms. The Morgan fingerprint density at radius 2 is 2.08 bits per heavy atom. The third kappa shape index (κ3) is 6.54. The van der Waals surface area contributed by atoms with Crippen LogP contribution < -0.4 is 5.32 Å². The lowest BCUT2D eigenvalue weighted by Crippen LogP contribution is -2.34. The zero-order valence-corrected chi connectivity index (χ0v) is 8.63. The second-order valence-electron chi connectivity index (χ2n) is 2.87. The molecule has 1 unspecified atom stereocenters. The van der Waals surface area contributed by atoms with Gasteiger partial charge in [0.2, 0.25) is 5.91 Å². The number of methoxy groups -OCH3 is 2. The monoisotopic (exact) mass is 189 g/mol. The normalized spacial score (nSPS) is 12.5. The van der Waals surface area contributed by atoms with Gasteiger partial charge in [-0.25, -0.2) is 0 Å². The average molecular weight is 189 g/mol. The van der Waals surface area contributed by atoms with Crippen molar-refractivity contribution in [2.45, 2.75) is 25.9 Å². The highest BCUT2D eigenvalue weighted by atomic mass is 16.5. The molecule has 0 saturated heterocycles. The van der Waals surface area contributed by atoms with E-state index in [0.29, 0.717) is 6.54 Å². The van der Waals surface area contributed by atoms with Gasteiger partial charge < -0.3 is 14.8 Å². The van der Waals surface area contributed by atoms with E-state index in [2.05, 4.69) is 5.32 Å². The summed E-state index contributed by atoms with van der Waals surface area (Å²) in [5, 5.41) is 2.77. The van der Waals surface area contributed by atoms with E-state index in [1.165, 1.54) is 7.11 Å². The molecule has 0 bridgehead atoms. The first-order valence-corrected chi connectivity index (χ1v) is 4.51. The largest absolute Gasteiger partial charge is 0.385 e. The Kier molecular flexibility index (Phi) is 7.63. The van der Waals surface area contributed by atoms with Gasteiger partial charge in [-0.05, 0) is 19.8 Å². The van der Waals surface area contributed by atoms with Crippen LogP contribution in [-0.4, -0.2) is 39.4 Å². The Morgan fingerprint density at radius 1 is 1.38 bits per heavy atom. The van der Waals surface area contributed by atoms with E-state index in [4.69, 9.17) is 9.47 Å². The highest BCUT2D eigenvalue weighted by Gasteiger charge is 2.09. The summed E-state index contributed by atoms with van der Waals surface area (Å²) in [6.07, 6.45) is 1.55. The smallest absolute Gasteiger partial charge is 0.248 e. The number of nitrogens with one attached hydrogen (secondary N) is 1. The van der Waals surface area contributed by atoms with Crippen LogP contribution in [0.3, 0.4) is 0 Å². The number of carbonyl (C=O) groups excluding carboxylic acids is 1. The van der Waals surface area contributed by atoms with Crippen molar-refractivity contribution in [2.75, 3.05) is 27.4 Å². The zero-order valence-electron chi connectivity index (χ0n) is 8.63. The Hall–Kier alpha value is -0.610. The molecule has 78 valence electrons. The number of hydrogen-bond donors (Lipinski definition) is 1. The summed E-state index contributed by atoms with van der Waals surface area (Å²) in [5.41, 5.74) is 0. The highest BCUT2D eigenvalue weighted by Crippen LogP contribution is 1.90. The Morgan fingerprint density at radius 3 is 2.62 bits per heavy atom. The van der Waals surface area contributed by atoms with Gasteiger partial charge in [-0.1, -0.05) is 0 Å². The summed E-state index contributed by atoms with van der Waals surface area (Å²) < 4.78 is 9.73. The standard InChI is InChI=1S/C9H19NO3/c1-8(13-3)9(11)10-6-4-5-7-12-2/h8H,4-7H2,1-3H3,(H,10,11). The summed E-state index contributed by atoms with van der Waals surface area (Å²) in [6.45, 7) is 3.16. The van der Waals surface area contributed by atoms with Gasteiger partial charge in [0.05, 0.1) is 0 Å². The number of amides is 1. The first-order valence-electron chi connectivity index (χ1n) is 4.51. The van der Waals surface area contributed by atoms with E-state index in [1.807, 2.05) is 0 Å². The predicted molar refractivity (Wildman–Crippen MR) is 50.6 cm³/mol. The van der Waals surface area contributed by atoms with Gasteiger partial charge in [0.25, 0.3) is 0 Å². The number of unbranched alkanes of at least 4 members (excludes halogenated alkanes) is 1. The van der Waals surface area contributed by atoms with Crippen LogP contribution in [0.2, 0.25) is 0 Å². The lowest BCUT2D eigenvalue weighted by Gasteiger charge is -2.09. The second-order valence-corrected chi connectivity index (χ2v) is 2.87. The predicted octanol–water partition coefficient (Wildman–Crippen LogP) is 0.564. The van der Waals surface area contributed by atoms with Gasteiger partial charge in [-0.2, -0.15) is 0 Å².